The van der Waals surface area contributed by atoms with Gasteiger partial charge < -0.3 is 8.98 Å². The Kier molecular flexibility index (Phi) is 4.80. The van der Waals surface area contributed by atoms with Crippen molar-refractivity contribution in [3.63, 3.8) is 0 Å². The van der Waals surface area contributed by atoms with Crippen molar-refractivity contribution < 1.29 is 4.42 Å². The van der Waals surface area contributed by atoms with Crippen LogP contribution >= 0.6 is 11.3 Å². The summed E-state index contributed by atoms with van der Waals surface area (Å²) >= 11 is 1.87. The minimum absolute atomic E-state index is 0.907. The van der Waals surface area contributed by atoms with Gasteiger partial charge in [0.25, 0.3) is 0 Å². The molecule has 0 bridgehead atoms. The van der Waals surface area contributed by atoms with Crippen LogP contribution < -0.4 is 0 Å². The van der Waals surface area contributed by atoms with Gasteiger partial charge in [0, 0.05) is 36.6 Å². The van der Waals surface area contributed by atoms with Crippen LogP contribution in [0.25, 0.3) is 81.1 Å². The first-order chi connectivity index (χ1) is 20.3. The van der Waals surface area contributed by atoms with Gasteiger partial charge in [-0.3, -0.25) is 0 Å². The van der Waals surface area contributed by atoms with E-state index in [1.807, 2.05) is 11.3 Å². The van der Waals surface area contributed by atoms with E-state index in [2.05, 4.69) is 144 Å². The van der Waals surface area contributed by atoms with Crippen LogP contribution in [0.1, 0.15) is 0 Å². The molecule has 0 spiro atoms. The highest BCUT2D eigenvalue weighted by Gasteiger charge is 2.20. The van der Waals surface area contributed by atoms with E-state index in [0.717, 1.165) is 38.7 Å². The summed E-state index contributed by atoms with van der Waals surface area (Å²) in [6.07, 6.45) is 0. The fourth-order valence-corrected chi connectivity index (χ4v) is 7.68. The van der Waals surface area contributed by atoms with Gasteiger partial charge in [0.2, 0.25) is 0 Å². The normalized spacial score (nSPS) is 11.9. The summed E-state index contributed by atoms with van der Waals surface area (Å²) in [5.74, 6) is 0. The van der Waals surface area contributed by atoms with Gasteiger partial charge in [-0.15, -0.1) is 11.3 Å². The molecular formula is C38H23NOS. The standard InChI is InChI=1S/C38H23NOS/c1-3-11-24(12-4-1)28-17-9-18-31-35-27(16-10-20-34(35)41-38(28)31)25-21-22-30-33(23-25)40-37-29-15-7-8-19-32(29)39(36(30)37)26-13-5-2-6-14-26/h1-23H. The largest absolute Gasteiger partial charge is 0.454 e. The molecule has 0 radical (unpaired) electrons. The Morgan fingerprint density at radius 1 is 0.537 bits per heavy atom. The lowest BCUT2D eigenvalue weighted by atomic mass is 9.97. The number of aromatic nitrogens is 1. The predicted molar refractivity (Wildman–Crippen MR) is 174 cm³/mol. The molecule has 3 heteroatoms. The molecule has 0 fully saturated rings. The molecule has 3 aromatic heterocycles. The van der Waals surface area contributed by atoms with Crippen molar-refractivity contribution in [1.29, 1.82) is 0 Å². The topological polar surface area (TPSA) is 18.1 Å². The van der Waals surface area contributed by atoms with Crippen molar-refractivity contribution in [3.05, 3.63) is 140 Å². The first-order valence-corrected chi connectivity index (χ1v) is 14.7. The van der Waals surface area contributed by atoms with Crippen LogP contribution in [0.15, 0.2) is 144 Å². The van der Waals surface area contributed by atoms with Gasteiger partial charge in [0.1, 0.15) is 11.1 Å². The number of benzene rings is 6. The first-order valence-electron chi connectivity index (χ1n) is 13.9. The maximum Gasteiger partial charge on any atom is 0.161 e. The van der Waals surface area contributed by atoms with Crippen LogP contribution in [0.5, 0.6) is 0 Å². The monoisotopic (exact) mass is 541 g/mol. The Labute approximate surface area is 240 Å². The Balaban J connectivity index is 1.29. The van der Waals surface area contributed by atoms with Gasteiger partial charge in [-0.05, 0) is 64.7 Å². The molecule has 0 aliphatic carbocycles. The van der Waals surface area contributed by atoms with E-state index >= 15 is 0 Å². The first kappa shape index (κ1) is 22.7. The number of fused-ring (bicyclic) bond motifs is 8. The molecule has 6 aromatic carbocycles. The minimum atomic E-state index is 0.907. The average Bonchev–Trinajstić information content (AvgIpc) is 3.70. The van der Waals surface area contributed by atoms with Crippen LogP contribution in [0.3, 0.4) is 0 Å². The van der Waals surface area contributed by atoms with Crippen molar-refractivity contribution in [3.8, 4) is 27.9 Å². The smallest absolute Gasteiger partial charge is 0.161 e. The highest BCUT2D eigenvalue weighted by Crippen LogP contribution is 2.45. The van der Waals surface area contributed by atoms with Crippen LogP contribution in [0.4, 0.5) is 0 Å². The number of hydrogen-bond donors (Lipinski definition) is 0. The number of thiophene rings is 1. The van der Waals surface area contributed by atoms with Crippen LogP contribution in [-0.2, 0) is 0 Å². The van der Waals surface area contributed by atoms with Gasteiger partial charge in [-0.2, -0.15) is 0 Å². The van der Waals surface area contributed by atoms with E-state index in [1.54, 1.807) is 0 Å². The lowest BCUT2D eigenvalue weighted by molar-refractivity contribution is 0.673. The zero-order valence-corrected chi connectivity index (χ0v) is 22.9. The summed E-state index contributed by atoms with van der Waals surface area (Å²) in [5, 5.41) is 4.86. The van der Waals surface area contributed by atoms with Gasteiger partial charge in [-0.25, -0.2) is 0 Å². The number of hydrogen-bond acceptors (Lipinski definition) is 2. The number of rotatable bonds is 3. The quantitative estimate of drug-likeness (QED) is 0.217. The van der Waals surface area contributed by atoms with E-state index in [0.29, 0.717) is 0 Å². The van der Waals surface area contributed by atoms with Crippen molar-refractivity contribution in [2.45, 2.75) is 0 Å². The second-order valence-electron chi connectivity index (χ2n) is 10.5. The minimum Gasteiger partial charge on any atom is -0.454 e. The molecule has 0 saturated carbocycles. The lowest BCUT2D eigenvalue weighted by Gasteiger charge is -2.08. The SMILES string of the molecule is c1ccc(-c2cccc3c2sc2cccc(-c4ccc5c(c4)oc4c6ccccc6n(-c6ccccc6)c54)c23)cc1. The number of para-hydroxylation sites is 2. The second-order valence-corrected chi connectivity index (χ2v) is 11.6. The van der Waals surface area contributed by atoms with Gasteiger partial charge in [-0.1, -0.05) is 97.1 Å². The summed E-state index contributed by atoms with van der Waals surface area (Å²) in [6, 6.07) is 49.8. The summed E-state index contributed by atoms with van der Waals surface area (Å²) in [5.41, 5.74) is 10.2. The molecule has 0 atom stereocenters. The number of furan rings is 1. The van der Waals surface area contributed by atoms with E-state index < -0.39 is 0 Å². The zero-order chi connectivity index (χ0) is 26.9. The maximum atomic E-state index is 6.67. The molecule has 3 heterocycles. The van der Waals surface area contributed by atoms with E-state index in [9.17, 15) is 0 Å². The van der Waals surface area contributed by atoms with Crippen molar-refractivity contribution in [2.24, 2.45) is 0 Å². The molecule has 0 unspecified atom stereocenters. The highest BCUT2D eigenvalue weighted by molar-refractivity contribution is 7.26. The highest BCUT2D eigenvalue weighted by atomic mass is 32.1. The van der Waals surface area contributed by atoms with Crippen LogP contribution in [0, 0.1) is 0 Å². The Hall–Kier alpha value is -5.12. The fraction of sp³-hybridized carbons (Fsp3) is 0. The molecule has 0 aliphatic rings. The second kappa shape index (κ2) is 8.69. The van der Waals surface area contributed by atoms with Crippen molar-refractivity contribution in [1.82, 2.24) is 4.57 Å². The third-order valence-corrected chi connectivity index (χ3v) is 9.41. The molecule has 192 valence electrons. The molecule has 41 heavy (non-hydrogen) atoms. The van der Waals surface area contributed by atoms with Gasteiger partial charge in [0.15, 0.2) is 5.58 Å². The van der Waals surface area contributed by atoms with Gasteiger partial charge >= 0.3 is 0 Å². The lowest BCUT2D eigenvalue weighted by Crippen LogP contribution is -1.92. The molecular weight excluding hydrogens is 518 g/mol. The maximum absolute atomic E-state index is 6.67. The summed E-state index contributed by atoms with van der Waals surface area (Å²) in [7, 11) is 0. The Morgan fingerprint density at radius 2 is 1.27 bits per heavy atom. The summed E-state index contributed by atoms with van der Waals surface area (Å²) in [6.45, 7) is 0. The van der Waals surface area contributed by atoms with E-state index in [1.165, 1.54) is 42.4 Å². The Morgan fingerprint density at radius 3 is 2.15 bits per heavy atom. The molecule has 9 rings (SSSR count). The van der Waals surface area contributed by atoms with Gasteiger partial charge in [0.05, 0.1) is 5.52 Å². The predicted octanol–water partition coefficient (Wildman–Crippen LogP) is 11.2. The zero-order valence-electron chi connectivity index (χ0n) is 22.0. The van der Waals surface area contributed by atoms with E-state index in [-0.39, 0.29) is 0 Å². The third kappa shape index (κ3) is 3.30. The molecule has 0 amide bonds. The summed E-state index contributed by atoms with van der Waals surface area (Å²) < 4.78 is 11.6. The van der Waals surface area contributed by atoms with E-state index in [4.69, 9.17) is 4.42 Å². The number of nitrogens with zero attached hydrogens (tertiary/aromatic N) is 1. The van der Waals surface area contributed by atoms with Crippen LogP contribution in [0.2, 0.25) is 0 Å². The Bertz CT molecular complexity index is 2410. The molecule has 0 saturated heterocycles. The summed E-state index contributed by atoms with van der Waals surface area (Å²) in [4.78, 5) is 0. The molecule has 0 aliphatic heterocycles. The van der Waals surface area contributed by atoms with Crippen molar-refractivity contribution in [2.75, 3.05) is 0 Å². The third-order valence-electron chi connectivity index (χ3n) is 8.21. The molecule has 0 N–H and O–H groups in total. The van der Waals surface area contributed by atoms with Crippen LogP contribution in [-0.4, -0.2) is 4.57 Å². The average molecular weight is 542 g/mol. The fourth-order valence-electron chi connectivity index (χ4n) is 6.41. The van der Waals surface area contributed by atoms with Crippen molar-refractivity contribution >= 4 is 64.5 Å². The molecule has 2 nitrogen and oxygen atoms in total. The molecule has 9 aromatic rings.